The average molecular weight is 414 g/mol. The number of carbonyl (C=O) groups is 1. The second-order valence-electron chi connectivity index (χ2n) is 7.71. The first kappa shape index (κ1) is 19.3. The molecule has 3 aromatic rings. The number of ketones is 1. The number of aryl methyl sites for hydroxylation is 1. The van der Waals surface area contributed by atoms with Crippen molar-refractivity contribution in [2.75, 3.05) is 13.8 Å². The van der Waals surface area contributed by atoms with Crippen LogP contribution in [0, 0.1) is 6.92 Å². The van der Waals surface area contributed by atoms with Crippen molar-refractivity contribution in [3.8, 4) is 17.2 Å². The average Bonchev–Trinajstić information content (AvgIpc) is 3.12. The number of nitrogens with zero attached hydrogens (tertiary/aromatic N) is 2. The summed E-state index contributed by atoms with van der Waals surface area (Å²) >= 11 is 0. The largest absolute Gasteiger partial charge is 0.497 e. The summed E-state index contributed by atoms with van der Waals surface area (Å²) in [6.07, 6.45) is 5.38. The van der Waals surface area contributed by atoms with Gasteiger partial charge in [-0.25, -0.2) is 0 Å². The van der Waals surface area contributed by atoms with Gasteiger partial charge in [-0.15, -0.1) is 0 Å². The molecule has 1 aromatic heterocycles. The van der Waals surface area contributed by atoms with E-state index in [2.05, 4.69) is 9.88 Å². The maximum absolute atomic E-state index is 13.1. The predicted octanol–water partition coefficient (Wildman–Crippen LogP) is 4.37. The number of allylic oxidation sites excluding steroid dienone is 1. The van der Waals surface area contributed by atoms with Crippen LogP contribution in [0.5, 0.6) is 17.2 Å². The molecule has 2 aliphatic heterocycles. The summed E-state index contributed by atoms with van der Waals surface area (Å²) in [5.41, 5.74) is 4.36. The normalized spacial score (nSPS) is 16.5. The van der Waals surface area contributed by atoms with Crippen LogP contribution in [0.15, 0.2) is 60.6 Å². The van der Waals surface area contributed by atoms with E-state index in [0.29, 0.717) is 36.9 Å². The lowest BCUT2D eigenvalue weighted by Crippen LogP contribution is -2.31. The molecule has 6 heteroatoms. The van der Waals surface area contributed by atoms with E-state index in [9.17, 15) is 4.79 Å². The quantitative estimate of drug-likeness (QED) is 0.591. The minimum absolute atomic E-state index is 0.101. The minimum Gasteiger partial charge on any atom is -0.497 e. The van der Waals surface area contributed by atoms with Crippen LogP contribution >= 0.6 is 0 Å². The van der Waals surface area contributed by atoms with Gasteiger partial charge in [0.2, 0.25) is 5.78 Å². The van der Waals surface area contributed by atoms with Crippen LogP contribution in [0.1, 0.15) is 32.6 Å². The molecule has 5 rings (SSSR count). The Labute approximate surface area is 180 Å². The van der Waals surface area contributed by atoms with E-state index in [4.69, 9.17) is 14.2 Å². The lowest BCUT2D eigenvalue weighted by molar-refractivity contribution is 0.0871. The SMILES string of the molecule is COc1ccc(/C=C2\Oc3c4c(cc(C)c3C2=O)OCN(Cc2cccnc2)C4)cc1. The summed E-state index contributed by atoms with van der Waals surface area (Å²) in [5, 5.41) is 0. The summed E-state index contributed by atoms with van der Waals surface area (Å²) in [4.78, 5) is 19.5. The standard InChI is InChI=1S/C25H22N2O4/c1-16-10-21-20(14-27(15-30-21)13-18-4-3-9-26-12-18)25-23(16)24(28)22(31-25)11-17-5-7-19(29-2)8-6-17/h3-12H,13-15H2,1-2H3/b22-11-. The van der Waals surface area contributed by atoms with Gasteiger partial charge in [0.15, 0.2) is 5.76 Å². The number of aromatic nitrogens is 1. The molecule has 0 saturated carbocycles. The highest BCUT2D eigenvalue weighted by Gasteiger charge is 2.35. The van der Waals surface area contributed by atoms with Crippen LogP contribution < -0.4 is 14.2 Å². The number of Topliss-reactive ketones (excluding diaryl/α,β-unsaturated/α-hetero) is 1. The van der Waals surface area contributed by atoms with Crippen molar-refractivity contribution in [3.63, 3.8) is 0 Å². The maximum Gasteiger partial charge on any atom is 0.232 e. The van der Waals surface area contributed by atoms with Gasteiger partial charge in [-0.05, 0) is 54.0 Å². The van der Waals surface area contributed by atoms with E-state index >= 15 is 0 Å². The first-order valence-electron chi connectivity index (χ1n) is 10.1. The van der Waals surface area contributed by atoms with Crippen molar-refractivity contribution in [1.82, 2.24) is 9.88 Å². The molecule has 156 valence electrons. The zero-order chi connectivity index (χ0) is 21.4. The van der Waals surface area contributed by atoms with Gasteiger partial charge in [0.05, 0.1) is 18.2 Å². The fourth-order valence-corrected chi connectivity index (χ4v) is 3.98. The van der Waals surface area contributed by atoms with Crippen LogP contribution in [0.4, 0.5) is 0 Å². The zero-order valence-electron chi connectivity index (χ0n) is 17.4. The Kier molecular flexibility index (Phi) is 4.92. The third kappa shape index (κ3) is 3.66. The van der Waals surface area contributed by atoms with Crippen molar-refractivity contribution in [3.05, 3.63) is 88.4 Å². The number of rotatable bonds is 4. The fourth-order valence-electron chi connectivity index (χ4n) is 3.98. The molecule has 0 radical (unpaired) electrons. The lowest BCUT2D eigenvalue weighted by Gasteiger charge is -2.30. The monoisotopic (exact) mass is 414 g/mol. The van der Waals surface area contributed by atoms with Gasteiger partial charge in [0.25, 0.3) is 0 Å². The van der Waals surface area contributed by atoms with E-state index in [1.54, 1.807) is 19.4 Å². The van der Waals surface area contributed by atoms with Crippen molar-refractivity contribution in [2.45, 2.75) is 20.0 Å². The van der Waals surface area contributed by atoms with Gasteiger partial charge >= 0.3 is 0 Å². The van der Waals surface area contributed by atoms with Crippen molar-refractivity contribution < 1.29 is 19.0 Å². The van der Waals surface area contributed by atoms with Crippen LogP contribution in [-0.4, -0.2) is 29.5 Å². The number of carbonyl (C=O) groups excluding carboxylic acids is 1. The highest BCUT2D eigenvalue weighted by atomic mass is 16.5. The smallest absolute Gasteiger partial charge is 0.232 e. The summed E-state index contributed by atoms with van der Waals surface area (Å²) in [5.74, 6) is 2.37. The molecule has 0 spiro atoms. The molecule has 0 bridgehead atoms. The van der Waals surface area contributed by atoms with Gasteiger partial charge in [-0.2, -0.15) is 0 Å². The summed E-state index contributed by atoms with van der Waals surface area (Å²) < 4.78 is 17.3. The first-order chi connectivity index (χ1) is 15.1. The van der Waals surface area contributed by atoms with Gasteiger partial charge in [0.1, 0.15) is 24.0 Å². The van der Waals surface area contributed by atoms with Crippen molar-refractivity contribution in [1.29, 1.82) is 0 Å². The zero-order valence-corrected chi connectivity index (χ0v) is 17.4. The number of pyridine rings is 1. The summed E-state index contributed by atoms with van der Waals surface area (Å²) in [7, 11) is 1.62. The van der Waals surface area contributed by atoms with Crippen LogP contribution in [0.25, 0.3) is 6.08 Å². The lowest BCUT2D eigenvalue weighted by atomic mass is 9.98. The topological polar surface area (TPSA) is 60.9 Å². The van der Waals surface area contributed by atoms with Crippen LogP contribution in [-0.2, 0) is 13.1 Å². The second kappa shape index (κ2) is 7.89. The van der Waals surface area contributed by atoms with Gasteiger partial charge < -0.3 is 14.2 Å². The molecule has 0 unspecified atom stereocenters. The Morgan fingerprint density at radius 2 is 2.06 bits per heavy atom. The second-order valence-corrected chi connectivity index (χ2v) is 7.71. The van der Waals surface area contributed by atoms with E-state index in [1.807, 2.05) is 55.6 Å². The molecule has 0 atom stereocenters. The Morgan fingerprint density at radius 3 is 2.81 bits per heavy atom. The maximum atomic E-state index is 13.1. The van der Waals surface area contributed by atoms with E-state index in [1.165, 1.54) is 0 Å². The molecule has 3 heterocycles. The van der Waals surface area contributed by atoms with E-state index in [-0.39, 0.29) is 5.78 Å². The predicted molar refractivity (Wildman–Crippen MR) is 116 cm³/mol. The molecule has 0 fully saturated rings. The highest BCUT2D eigenvalue weighted by Crippen LogP contribution is 2.44. The summed E-state index contributed by atoms with van der Waals surface area (Å²) in [6, 6.07) is 13.4. The number of ether oxygens (including phenoxy) is 3. The minimum atomic E-state index is -0.101. The molecule has 6 nitrogen and oxygen atoms in total. The molecule has 2 aliphatic rings. The Bertz CT molecular complexity index is 1170. The molecular weight excluding hydrogens is 392 g/mol. The Hall–Kier alpha value is -3.64. The number of hydrogen-bond acceptors (Lipinski definition) is 6. The van der Waals surface area contributed by atoms with Crippen LogP contribution in [0.3, 0.4) is 0 Å². The fraction of sp³-hybridized carbons (Fsp3) is 0.200. The molecule has 0 aliphatic carbocycles. The van der Waals surface area contributed by atoms with Crippen molar-refractivity contribution >= 4 is 11.9 Å². The number of hydrogen-bond donors (Lipinski definition) is 0. The van der Waals surface area contributed by atoms with Crippen LogP contribution in [0.2, 0.25) is 0 Å². The Balaban J connectivity index is 1.45. The van der Waals surface area contributed by atoms with Gasteiger partial charge in [-0.1, -0.05) is 18.2 Å². The van der Waals surface area contributed by atoms with Gasteiger partial charge in [0, 0.05) is 25.5 Å². The molecule has 0 N–H and O–H groups in total. The molecule has 2 aromatic carbocycles. The Morgan fingerprint density at radius 1 is 1.23 bits per heavy atom. The third-order valence-corrected chi connectivity index (χ3v) is 5.53. The third-order valence-electron chi connectivity index (χ3n) is 5.53. The number of fused-ring (bicyclic) bond motifs is 3. The van der Waals surface area contributed by atoms with Crippen molar-refractivity contribution in [2.24, 2.45) is 0 Å². The first-order valence-corrected chi connectivity index (χ1v) is 10.1. The molecule has 0 saturated heterocycles. The summed E-state index contributed by atoms with van der Waals surface area (Å²) in [6.45, 7) is 3.74. The molecule has 31 heavy (non-hydrogen) atoms. The molecule has 0 amide bonds. The number of benzene rings is 2. The van der Waals surface area contributed by atoms with E-state index in [0.717, 1.165) is 33.8 Å². The van der Waals surface area contributed by atoms with Gasteiger partial charge in [-0.3, -0.25) is 14.7 Å². The number of methoxy groups -OCH3 is 1. The highest BCUT2D eigenvalue weighted by molar-refractivity contribution is 6.15. The molecular formula is C25H22N2O4. The van der Waals surface area contributed by atoms with E-state index < -0.39 is 0 Å².